The van der Waals surface area contributed by atoms with E-state index in [1.807, 2.05) is 4.90 Å². The molecule has 18 heavy (non-hydrogen) atoms. The molecule has 1 aromatic heterocycles. The Morgan fingerprint density at radius 3 is 2.83 bits per heavy atom. The van der Waals surface area contributed by atoms with Crippen LogP contribution < -0.4 is 5.73 Å². The van der Waals surface area contributed by atoms with Crippen LogP contribution in [0.25, 0.3) is 0 Å². The van der Waals surface area contributed by atoms with Gasteiger partial charge in [0.15, 0.2) is 0 Å². The van der Waals surface area contributed by atoms with Crippen molar-refractivity contribution in [3.63, 3.8) is 0 Å². The largest absolute Gasteiger partial charge is 0.361 e. The fourth-order valence-electron chi connectivity index (χ4n) is 2.79. The van der Waals surface area contributed by atoms with Gasteiger partial charge in [0, 0.05) is 19.1 Å². The summed E-state index contributed by atoms with van der Waals surface area (Å²) in [6.45, 7) is 7.02. The highest BCUT2D eigenvalue weighted by atomic mass is 16.5. The smallest absolute Gasteiger partial charge is 0.259 e. The van der Waals surface area contributed by atoms with E-state index in [4.69, 9.17) is 10.3 Å². The number of likely N-dealkylation sites (tertiary alicyclic amines) is 1. The Balaban J connectivity index is 2.27. The van der Waals surface area contributed by atoms with Crippen LogP contribution in [0.4, 0.5) is 0 Å². The van der Waals surface area contributed by atoms with E-state index >= 15 is 0 Å². The third-order valence-corrected chi connectivity index (χ3v) is 3.87. The molecule has 5 heteroatoms. The Bertz CT molecular complexity index is 422. The molecule has 5 nitrogen and oxygen atoms in total. The number of piperidine rings is 1. The zero-order valence-corrected chi connectivity index (χ0v) is 11.3. The molecule has 1 fully saturated rings. The van der Waals surface area contributed by atoms with E-state index < -0.39 is 0 Å². The van der Waals surface area contributed by atoms with Crippen LogP contribution in [0.2, 0.25) is 0 Å². The molecular formula is C13H21N3O2. The van der Waals surface area contributed by atoms with Gasteiger partial charge >= 0.3 is 0 Å². The van der Waals surface area contributed by atoms with E-state index in [-0.39, 0.29) is 11.9 Å². The van der Waals surface area contributed by atoms with Gasteiger partial charge in [0.2, 0.25) is 0 Å². The molecule has 1 saturated heterocycles. The average molecular weight is 251 g/mol. The van der Waals surface area contributed by atoms with Crippen LogP contribution in [0.3, 0.4) is 0 Å². The molecule has 0 radical (unpaired) electrons. The minimum absolute atomic E-state index is 0.00764. The van der Waals surface area contributed by atoms with Gasteiger partial charge in [-0.3, -0.25) is 4.79 Å². The number of amides is 1. The summed E-state index contributed by atoms with van der Waals surface area (Å²) in [5.41, 5.74) is 7.08. The van der Waals surface area contributed by atoms with Gasteiger partial charge in [-0.15, -0.1) is 0 Å². The Morgan fingerprint density at radius 2 is 2.28 bits per heavy atom. The number of hydrogen-bond donors (Lipinski definition) is 1. The van der Waals surface area contributed by atoms with Crippen molar-refractivity contribution in [2.75, 3.05) is 13.1 Å². The first-order valence-corrected chi connectivity index (χ1v) is 6.50. The minimum Gasteiger partial charge on any atom is -0.361 e. The van der Waals surface area contributed by atoms with E-state index in [0.717, 1.165) is 19.4 Å². The maximum Gasteiger partial charge on any atom is 0.259 e. The third kappa shape index (κ3) is 2.14. The maximum absolute atomic E-state index is 12.6. The highest BCUT2D eigenvalue weighted by molar-refractivity contribution is 5.96. The molecule has 1 amide bonds. The summed E-state index contributed by atoms with van der Waals surface area (Å²) < 4.78 is 5.07. The van der Waals surface area contributed by atoms with Crippen molar-refractivity contribution in [1.82, 2.24) is 10.1 Å². The zero-order valence-electron chi connectivity index (χ0n) is 11.3. The fraction of sp³-hybridized carbons (Fsp3) is 0.692. The molecule has 2 rings (SSSR count). The van der Waals surface area contributed by atoms with Crippen molar-refractivity contribution in [1.29, 1.82) is 0 Å². The number of carbonyl (C=O) groups excluding carboxylic acids is 1. The lowest BCUT2D eigenvalue weighted by molar-refractivity contribution is 0.0530. The fourth-order valence-corrected chi connectivity index (χ4v) is 2.79. The number of carbonyl (C=O) groups is 1. The summed E-state index contributed by atoms with van der Waals surface area (Å²) in [5.74, 6) is 1.05. The second-order valence-electron chi connectivity index (χ2n) is 5.12. The molecule has 2 atom stereocenters. The van der Waals surface area contributed by atoms with Crippen LogP contribution in [-0.2, 0) is 0 Å². The molecule has 0 saturated carbocycles. The number of aromatic nitrogens is 1. The van der Waals surface area contributed by atoms with Crippen molar-refractivity contribution < 1.29 is 9.32 Å². The highest BCUT2D eigenvalue weighted by Gasteiger charge is 2.33. The van der Waals surface area contributed by atoms with Crippen LogP contribution in [0, 0.1) is 19.8 Å². The van der Waals surface area contributed by atoms with Crippen LogP contribution in [0.5, 0.6) is 0 Å². The second kappa shape index (κ2) is 5.10. The molecule has 0 aromatic carbocycles. The first-order chi connectivity index (χ1) is 8.56. The van der Waals surface area contributed by atoms with E-state index in [0.29, 0.717) is 29.5 Å². The SMILES string of the molecule is Cc1noc(C)c1C(=O)N1CCCC(C)C1CN. The summed E-state index contributed by atoms with van der Waals surface area (Å²) in [7, 11) is 0. The lowest BCUT2D eigenvalue weighted by Crippen LogP contribution is -2.51. The van der Waals surface area contributed by atoms with Crippen molar-refractivity contribution in [2.24, 2.45) is 11.7 Å². The molecular weight excluding hydrogens is 230 g/mol. The summed E-state index contributed by atoms with van der Waals surface area (Å²) in [6.07, 6.45) is 2.17. The van der Waals surface area contributed by atoms with Gasteiger partial charge < -0.3 is 15.2 Å². The monoisotopic (exact) mass is 251 g/mol. The van der Waals surface area contributed by atoms with Crippen molar-refractivity contribution in [2.45, 2.75) is 39.7 Å². The van der Waals surface area contributed by atoms with Gasteiger partial charge in [-0.1, -0.05) is 12.1 Å². The van der Waals surface area contributed by atoms with Gasteiger partial charge in [-0.05, 0) is 32.6 Å². The molecule has 100 valence electrons. The van der Waals surface area contributed by atoms with E-state index in [2.05, 4.69) is 12.1 Å². The van der Waals surface area contributed by atoms with Gasteiger partial charge in [0.05, 0.1) is 5.69 Å². The molecule has 1 aliphatic rings. The standard InChI is InChI=1S/C13H21N3O2/c1-8-5-4-6-16(11(8)7-14)13(17)12-9(2)15-18-10(12)3/h8,11H,4-7,14H2,1-3H3. The number of nitrogens with zero attached hydrogens (tertiary/aromatic N) is 2. The van der Waals surface area contributed by atoms with E-state index in [9.17, 15) is 4.79 Å². The van der Waals surface area contributed by atoms with Crippen LogP contribution in [0.1, 0.15) is 41.6 Å². The van der Waals surface area contributed by atoms with Crippen molar-refractivity contribution in [3.05, 3.63) is 17.0 Å². The predicted octanol–water partition coefficient (Wildman–Crippen LogP) is 1.49. The first kappa shape index (κ1) is 13.1. The van der Waals surface area contributed by atoms with Crippen LogP contribution >= 0.6 is 0 Å². The van der Waals surface area contributed by atoms with Crippen molar-refractivity contribution in [3.8, 4) is 0 Å². The molecule has 2 heterocycles. The molecule has 1 aromatic rings. The molecule has 1 aliphatic heterocycles. The second-order valence-corrected chi connectivity index (χ2v) is 5.12. The lowest BCUT2D eigenvalue weighted by Gasteiger charge is -2.39. The molecule has 2 N–H and O–H groups in total. The van der Waals surface area contributed by atoms with Crippen LogP contribution in [0.15, 0.2) is 4.52 Å². The quantitative estimate of drug-likeness (QED) is 0.864. The van der Waals surface area contributed by atoms with Gasteiger partial charge in [0.1, 0.15) is 11.3 Å². The summed E-state index contributed by atoms with van der Waals surface area (Å²) in [4.78, 5) is 14.5. The predicted molar refractivity (Wildman–Crippen MR) is 68.3 cm³/mol. The topological polar surface area (TPSA) is 72.4 Å². The van der Waals surface area contributed by atoms with Gasteiger partial charge in [-0.25, -0.2) is 0 Å². The number of hydrogen-bond acceptors (Lipinski definition) is 4. The maximum atomic E-state index is 12.6. The average Bonchev–Trinajstić information content (AvgIpc) is 2.68. The lowest BCUT2D eigenvalue weighted by atomic mass is 9.90. The summed E-state index contributed by atoms with van der Waals surface area (Å²) in [5, 5.41) is 3.85. The minimum atomic E-state index is 0.00764. The number of rotatable bonds is 2. The Kier molecular flexibility index (Phi) is 3.71. The molecule has 2 unspecified atom stereocenters. The molecule has 0 aliphatic carbocycles. The zero-order chi connectivity index (χ0) is 13.3. The number of nitrogens with two attached hydrogens (primary N) is 1. The molecule has 0 spiro atoms. The molecule has 0 bridgehead atoms. The van der Waals surface area contributed by atoms with Gasteiger partial charge in [0.25, 0.3) is 5.91 Å². The summed E-state index contributed by atoms with van der Waals surface area (Å²) in [6, 6.07) is 0.125. The van der Waals surface area contributed by atoms with E-state index in [1.54, 1.807) is 13.8 Å². The van der Waals surface area contributed by atoms with E-state index in [1.165, 1.54) is 0 Å². The Hall–Kier alpha value is -1.36. The summed E-state index contributed by atoms with van der Waals surface area (Å²) >= 11 is 0. The van der Waals surface area contributed by atoms with Crippen LogP contribution in [-0.4, -0.2) is 35.1 Å². The van der Waals surface area contributed by atoms with Crippen molar-refractivity contribution >= 4 is 5.91 Å². The van der Waals surface area contributed by atoms with Gasteiger partial charge in [-0.2, -0.15) is 0 Å². The Labute approximate surface area is 107 Å². The highest BCUT2D eigenvalue weighted by Crippen LogP contribution is 2.26. The Morgan fingerprint density at radius 1 is 1.56 bits per heavy atom. The number of aryl methyl sites for hydroxylation is 2. The third-order valence-electron chi connectivity index (χ3n) is 3.87. The normalized spacial score (nSPS) is 24.3. The first-order valence-electron chi connectivity index (χ1n) is 6.50.